The lowest BCUT2D eigenvalue weighted by Crippen LogP contribution is -2.24. The van der Waals surface area contributed by atoms with Crippen molar-refractivity contribution in [2.45, 2.75) is 0 Å². The molecule has 0 fully saturated rings. The number of anilines is 1. The molecule has 0 unspecified atom stereocenters. The average molecular weight is 424 g/mol. The number of carbonyl (C=O) groups is 1. The van der Waals surface area contributed by atoms with E-state index in [0.717, 1.165) is 0 Å². The SMILES string of the molecule is COc1ccc(OC)c(NC(=O)c2c(O)c3cnn(-c4ccc(F)cc4)c3[nH]c2=O)c1. The number of H-pyrrole nitrogens is 1. The van der Waals surface area contributed by atoms with E-state index in [4.69, 9.17) is 9.47 Å². The standard InChI is InChI=1S/C21H17FN4O5/c1-30-13-7-8-16(31-2)15(9-13)24-20(28)17-18(27)14-10-23-26(19(14)25-21(17)29)12-5-3-11(22)4-6-12/h3-10H,1-2H3,(H,24,28)(H2,25,27,29). The van der Waals surface area contributed by atoms with Crippen LogP contribution in [0.2, 0.25) is 0 Å². The van der Waals surface area contributed by atoms with E-state index in [9.17, 15) is 19.1 Å². The maximum absolute atomic E-state index is 13.2. The van der Waals surface area contributed by atoms with Gasteiger partial charge >= 0.3 is 0 Å². The van der Waals surface area contributed by atoms with Gasteiger partial charge in [-0.3, -0.25) is 9.59 Å². The van der Waals surface area contributed by atoms with E-state index in [1.807, 2.05) is 0 Å². The van der Waals surface area contributed by atoms with Gasteiger partial charge in [-0.15, -0.1) is 0 Å². The molecule has 2 aromatic carbocycles. The van der Waals surface area contributed by atoms with Crippen LogP contribution < -0.4 is 20.3 Å². The summed E-state index contributed by atoms with van der Waals surface area (Å²) in [6.45, 7) is 0. The summed E-state index contributed by atoms with van der Waals surface area (Å²) in [6, 6.07) is 10.2. The lowest BCUT2D eigenvalue weighted by molar-refractivity contribution is 0.102. The van der Waals surface area contributed by atoms with E-state index < -0.39 is 28.6 Å². The van der Waals surface area contributed by atoms with E-state index in [1.54, 1.807) is 12.1 Å². The van der Waals surface area contributed by atoms with Gasteiger partial charge in [0.15, 0.2) is 0 Å². The van der Waals surface area contributed by atoms with E-state index in [-0.39, 0.29) is 16.7 Å². The van der Waals surface area contributed by atoms with Gasteiger partial charge in [0.05, 0.1) is 37.2 Å². The first-order valence-electron chi connectivity index (χ1n) is 9.05. The Bertz CT molecular complexity index is 1340. The van der Waals surface area contributed by atoms with Crippen molar-refractivity contribution < 1.29 is 23.8 Å². The number of methoxy groups -OCH3 is 2. The van der Waals surface area contributed by atoms with Crippen LogP contribution in [0.1, 0.15) is 10.4 Å². The van der Waals surface area contributed by atoms with Crippen LogP contribution in [0.5, 0.6) is 17.2 Å². The van der Waals surface area contributed by atoms with Crippen LogP contribution in [0, 0.1) is 5.82 Å². The van der Waals surface area contributed by atoms with Gasteiger partial charge in [0.2, 0.25) is 0 Å². The molecule has 2 aromatic heterocycles. The fourth-order valence-corrected chi connectivity index (χ4v) is 3.14. The van der Waals surface area contributed by atoms with Crippen molar-refractivity contribution in [3.63, 3.8) is 0 Å². The summed E-state index contributed by atoms with van der Waals surface area (Å²) in [5.41, 5.74) is -0.439. The van der Waals surface area contributed by atoms with Gasteiger partial charge in [-0.05, 0) is 36.4 Å². The number of aromatic hydroxyl groups is 1. The Balaban J connectivity index is 1.76. The molecule has 0 bridgehead atoms. The summed E-state index contributed by atoms with van der Waals surface area (Å²) in [7, 11) is 2.90. The fraction of sp³-hybridized carbons (Fsp3) is 0.0952. The van der Waals surface area contributed by atoms with Crippen LogP contribution in [0.25, 0.3) is 16.7 Å². The number of rotatable bonds is 5. The zero-order valence-corrected chi connectivity index (χ0v) is 16.5. The number of carbonyl (C=O) groups excluding carboxylic acids is 1. The minimum Gasteiger partial charge on any atom is -0.506 e. The molecule has 2 heterocycles. The Kier molecular flexibility index (Phi) is 5.04. The van der Waals surface area contributed by atoms with E-state index in [1.165, 1.54) is 55.4 Å². The summed E-state index contributed by atoms with van der Waals surface area (Å²) >= 11 is 0. The molecule has 0 aliphatic rings. The van der Waals surface area contributed by atoms with Crippen LogP contribution in [0.4, 0.5) is 10.1 Å². The second-order valence-corrected chi connectivity index (χ2v) is 6.49. The number of nitrogens with one attached hydrogen (secondary N) is 2. The highest BCUT2D eigenvalue weighted by atomic mass is 19.1. The molecule has 0 aliphatic heterocycles. The maximum Gasteiger partial charge on any atom is 0.266 e. The zero-order valence-electron chi connectivity index (χ0n) is 16.5. The Morgan fingerprint density at radius 2 is 1.90 bits per heavy atom. The molecule has 0 atom stereocenters. The molecule has 1 amide bonds. The summed E-state index contributed by atoms with van der Waals surface area (Å²) in [5.74, 6) is -1.00. The van der Waals surface area contributed by atoms with Crippen LogP contribution in [0.3, 0.4) is 0 Å². The molecule has 9 nitrogen and oxygen atoms in total. The van der Waals surface area contributed by atoms with Gasteiger partial charge in [-0.25, -0.2) is 9.07 Å². The molecule has 0 saturated heterocycles. The van der Waals surface area contributed by atoms with Gasteiger partial charge in [-0.2, -0.15) is 5.10 Å². The molecule has 10 heteroatoms. The van der Waals surface area contributed by atoms with Gasteiger partial charge in [0.25, 0.3) is 11.5 Å². The molecule has 158 valence electrons. The number of halogens is 1. The van der Waals surface area contributed by atoms with Crippen molar-refractivity contribution in [3.8, 4) is 22.9 Å². The van der Waals surface area contributed by atoms with Crippen LogP contribution in [0.15, 0.2) is 53.5 Å². The third-order valence-corrected chi connectivity index (χ3v) is 4.67. The number of nitrogens with zero attached hydrogens (tertiary/aromatic N) is 2. The highest BCUT2D eigenvalue weighted by molar-refractivity contribution is 6.09. The molecular weight excluding hydrogens is 407 g/mol. The van der Waals surface area contributed by atoms with Gasteiger partial charge in [0.1, 0.15) is 34.3 Å². The van der Waals surface area contributed by atoms with E-state index >= 15 is 0 Å². The third kappa shape index (κ3) is 3.54. The first-order valence-corrected chi connectivity index (χ1v) is 9.05. The number of amides is 1. The number of ether oxygens (including phenoxy) is 2. The average Bonchev–Trinajstić information content (AvgIpc) is 3.18. The molecule has 0 spiro atoms. The third-order valence-electron chi connectivity index (χ3n) is 4.67. The van der Waals surface area contributed by atoms with Crippen LogP contribution in [-0.4, -0.2) is 40.0 Å². The van der Waals surface area contributed by atoms with Crippen molar-refractivity contribution in [2.24, 2.45) is 0 Å². The molecular formula is C21H17FN4O5. The van der Waals surface area contributed by atoms with Crippen molar-refractivity contribution in [1.29, 1.82) is 0 Å². The number of aromatic nitrogens is 3. The molecule has 4 aromatic rings. The monoisotopic (exact) mass is 424 g/mol. The van der Waals surface area contributed by atoms with Crippen molar-refractivity contribution in [3.05, 3.63) is 70.4 Å². The topological polar surface area (TPSA) is 118 Å². The Labute approximate surface area is 174 Å². The Hall–Kier alpha value is -4.34. The maximum atomic E-state index is 13.2. The first-order chi connectivity index (χ1) is 14.9. The molecule has 0 aliphatic carbocycles. The summed E-state index contributed by atoms with van der Waals surface area (Å²) < 4.78 is 24.9. The fourth-order valence-electron chi connectivity index (χ4n) is 3.14. The second-order valence-electron chi connectivity index (χ2n) is 6.49. The van der Waals surface area contributed by atoms with Gasteiger partial charge < -0.3 is 24.9 Å². The molecule has 31 heavy (non-hydrogen) atoms. The number of pyridine rings is 1. The quantitative estimate of drug-likeness (QED) is 0.453. The summed E-state index contributed by atoms with van der Waals surface area (Å²) in [4.78, 5) is 28.0. The van der Waals surface area contributed by atoms with Crippen molar-refractivity contribution in [2.75, 3.05) is 19.5 Å². The number of hydrogen-bond acceptors (Lipinski definition) is 6. The number of fused-ring (bicyclic) bond motifs is 1. The predicted octanol–water partition coefficient (Wildman–Crippen LogP) is 2.83. The van der Waals surface area contributed by atoms with E-state index in [0.29, 0.717) is 17.2 Å². The minimum atomic E-state index is -0.846. The molecule has 3 N–H and O–H groups in total. The van der Waals surface area contributed by atoms with Crippen molar-refractivity contribution >= 4 is 22.6 Å². The molecule has 4 rings (SSSR count). The number of aromatic amines is 1. The Morgan fingerprint density at radius 3 is 2.58 bits per heavy atom. The predicted molar refractivity (Wildman–Crippen MR) is 111 cm³/mol. The molecule has 0 radical (unpaired) electrons. The van der Waals surface area contributed by atoms with E-state index in [2.05, 4.69) is 15.4 Å². The lowest BCUT2D eigenvalue weighted by atomic mass is 10.1. The summed E-state index contributed by atoms with van der Waals surface area (Å²) in [6.07, 6.45) is 1.30. The zero-order chi connectivity index (χ0) is 22.1. The second kappa shape index (κ2) is 7.82. The van der Waals surface area contributed by atoms with Crippen molar-refractivity contribution in [1.82, 2.24) is 14.8 Å². The lowest BCUT2D eigenvalue weighted by Gasteiger charge is -2.12. The first kappa shape index (κ1) is 20.0. The highest BCUT2D eigenvalue weighted by Gasteiger charge is 2.23. The highest BCUT2D eigenvalue weighted by Crippen LogP contribution is 2.31. The smallest absolute Gasteiger partial charge is 0.266 e. The van der Waals surface area contributed by atoms with Crippen LogP contribution >= 0.6 is 0 Å². The molecule has 0 saturated carbocycles. The van der Waals surface area contributed by atoms with Crippen LogP contribution in [-0.2, 0) is 0 Å². The normalized spacial score (nSPS) is 10.8. The van der Waals surface area contributed by atoms with Gasteiger partial charge in [0, 0.05) is 6.07 Å². The van der Waals surface area contributed by atoms with Gasteiger partial charge in [-0.1, -0.05) is 0 Å². The largest absolute Gasteiger partial charge is 0.506 e. The Morgan fingerprint density at radius 1 is 1.16 bits per heavy atom. The minimum absolute atomic E-state index is 0.145. The summed E-state index contributed by atoms with van der Waals surface area (Å²) in [5, 5.41) is 17.5. The number of hydrogen-bond donors (Lipinski definition) is 3. The number of benzene rings is 2.